The van der Waals surface area contributed by atoms with E-state index in [1.54, 1.807) is 6.07 Å². The molecule has 186 valence electrons. The van der Waals surface area contributed by atoms with Crippen molar-refractivity contribution in [3.05, 3.63) is 51.6 Å². The minimum absolute atomic E-state index is 0.158. The molecule has 1 unspecified atom stereocenters. The van der Waals surface area contributed by atoms with Gasteiger partial charge in [0.1, 0.15) is 11.3 Å². The van der Waals surface area contributed by atoms with Gasteiger partial charge < -0.3 is 5.11 Å². The van der Waals surface area contributed by atoms with Crippen molar-refractivity contribution in [2.24, 2.45) is 15.3 Å². The molecule has 1 atom stereocenters. The molecule has 2 N–H and O–H groups in total. The van der Waals surface area contributed by atoms with E-state index in [0.717, 1.165) is 6.26 Å². The summed E-state index contributed by atoms with van der Waals surface area (Å²) in [5, 5.41) is 17.3. The first-order valence-electron chi connectivity index (χ1n) is 10.7. The van der Waals surface area contributed by atoms with E-state index in [1.807, 2.05) is 25.3 Å². The number of nitrogens with zero attached hydrogens (tertiary/aromatic N) is 4. The van der Waals surface area contributed by atoms with Gasteiger partial charge in [-0.2, -0.15) is 9.46 Å². The van der Waals surface area contributed by atoms with Crippen LogP contribution < -0.4 is 10.3 Å². The summed E-state index contributed by atoms with van der Waals surface area (Å²) in [6.45, 7) is 4.39. The summed E-state index contributed by atoms with van der Waals surface area (Å²) >= 11 is 1.36. The number of aryl methyl sites for hydroxylation is 1. The summed E-state index contributed by atoms with van der Waals surface area (Å²) in [5.74, 6) is -0.219. The molecule has 13 heteroatoms. The Morgan fingerprint density at radius 1 is 1.26 bits per heavy atom. The van der Waals surface area contributed by atoms with Gasteiger partial charge in [-0.25, -0.2) is 22.3 Å². The Kier molecular flexibility index (Phi) is 6.60. The lowest BCUT2D eigenvalue weighted by atomic mass is 10.1. The van der Waals surface area contributed by atoms with Gasteiger partial charge in [-0.15, -0.1) is 11.3 Å². The van der Waals surface area contributed by atoms with E-state index in [-0.39, 0.29) is 39.1 Å². The molecule has 0 fully saturated rings. The van der Waals surface area contributed by atoms with Crippen molar-refractivity contribution in [3.63, 3.8) is 0 Å². The standard InChI is InChI=1S/C22H25N5O5S3/c1-13(2)9-10-27-22(29)18(20(28)19(24-27)16-6-5-11-33-16)21-23-15-8-7-14(25-35(4,31)32)12-17(15)34(3,30)26-21/h5-8,11-13,25,28H,9-10H2,1-4H3. The maximum Gasteiger partial charge on any atom is 0.281 e. The zero-order valence-corrected chi connectivity index (χ0v) is 22.0. The van der Waals surface area contributed by atoms with Crippen LogP contribution in [0.2, 0.25) is 0 Å². The number of fused-ring (bicyclic) bond motifs is 1. The fourth-order valence-electron chi connectivity index (χ4n) is 3.51. The van der Waals surface area contributed by atoms with Crippen LogP contribution in [-0.4, -0.2) is 45.9 Å². The second-order valence-electron chi connectivity index (χ2n) is 8.65. The van der Waals surface area contributed by atoms with Crippen molar-refractivity contribution in [2.75, 3.05) is 17.2 Å². The molecule has 0 bridgehead atoms. The molecule has 3 heterocycles. The molecule has 0 aliphatic carbocycles. The number of aromatic hydroxyl groups is 1. The number of benzene rings is 1. The largest absolute Gasteiger partial charge is 0.505 e. The maximum absolute atomic E-state index is 13.5. The van der Waals surface area contributed by atoms with E-state index in [0.29, 0.717) is 23.8 Å². The Morgan fingerprint density at radius 3 is 2.63 bits per heavy atom. The third kappa shape index (κ3) is 5.31. The number of nitrogens with one attached hydrogen (secondary N) is 1. The fourth-order valence-corrected chi connectivity index (χ4v) is 6.19. The molecule has 35 heavy (non-hydrogen) atoms. The first-order chi connectivity index (χ1) is 16.4. The summed E-state index contributed by atoms with van der Waals surface area (Å²) in [6, 6.07) is 7.97. The molecule has 0 amide bonds. The molecule has 4 rings (SSSR count). The van der Waals surface area contributed by atoms with Crippen molar-refractivity contribution in [3.8, 4) is 16.3 Å². The van der Waals surface area contributed by atoms with Crippen molar-refractivity contribution in [1.82, 2.24) is 9.78 Å². The highest BCUT2D eigenvalue weighted by Gasteiger charge is 2.28. The molecule has 1 aliphatic heterocycles. The molecule has 3 aromatic rings. The number of hydrogen-bond donors (Lipinski definition) is 2. The van der Waals surface area contributed by atoms with Crippen LogP contribution in [0.25, 0.3) is 10.6 Å². The minimum atomic E-state index is -3.54. The van der Waals surface area contributed by atoms with Crippen LogP contribution in [-0.2, 0) is 26.3 Å². The van der Waals surface area contributed by atoms with E-state index < -0.39 is 25.3 Å². The molecule has 0 saturated heterocycles. The summed E-state index contributed by atoms with van der Waals surface area (Å²) in [4.78, 5) is 18.7. The third-order valence-corrected chi connectivity index (χ3v) is 8.33. The summed E-state index contributed by atoms with van der Waals surface area (Å²) in [6.07, 6.45) is 3.08. The molecule has 0 saturated carbocycles. The maximum atomic E-state index is 13.5. The molecular weight excluding hydrogens is 510 g/mol. The highest BCUT2D eigenvalue weighted by atomic mass is 32.2. The van der Waals surface area contributed by atoms with Crippen LogP contribution in [0.4, 0.5) is 11.4 Å². The fraction of sp³-hybridized carbons (Fsp3) is 0.318. The lowest BCUT2D eigenvalue weighted by Gasteiger charge is -2.18. The topological polar surface area (TPSA) is 143 Å². The highest BCUT2D eigenvalue weighted by Crippen LogP contribution is 2.36. The lowest BCUT2D eigenvalue weighted by molar-refractivity contribution is 0.444. The lowest BCUT2D eigenvalue weighted by Crippen LogP contribution is -2.30. The van der Waals surface area contributed by atoms with Crippen LogP contribution in [0.15, 0.2) is 54.8 Å². The first-order valence-corrected chi connectivity index (χ1v) is 15.4. The number of thiophene rings is 1. The second kappa shape index (κ2) is 9.21. The number of aromatic nitrogens is 2. The van der Waals surface area contributed by atoms with Crippen LogP contribution in [0.5, 0.6) is 5.75 Å². The van der Waals surface area contributed by atoms with Gasteiger partial charge in [0.15, 0.2) is 11.6 Å². The van der Waals surface area contributed by atoms with E-state index in [9.17, 15) is 22.5 Å². The average molecular weight is 536 g/mol. The number of sulfonamides is 1. The van der Waals surface area contributed by atoms with Crippen LogP contribution in [0.1, 0.15) is 25.8 Å². The molecule has 0 radical (unpaired) electrons. The molecule has 2 aromatic heterocycles. The van der Waals surface area contributed by atoms with Gasteiger partial charge in [-0.3, -0.25) is 9.52 Å². The van der Waals surface area contributed by atoms with Gasteiger partial charge in [0.05, 0.1) is 31.4 Å². The van der Waals surface area contributed by atoms with Crippen LogP contribution >= 0.6 is 11.3 Å². The van der Waals surface area contributed by atoms with Crippen LogP contribution in [0.3, 0.4) is 0 Å². The van der Waals surface area contributed by atoms with E-state index in [1.165, 1.54) is 40.5 Å². The van der Waals surface area contributed by atoms with Crippen molar-refractivity contribution in [2.45, 2.75) is 31.7 Å². The van der Waals surface area contributed by atoms with Crippen molar-refractivity contribution in [1.29, 1.82) is 0 Å². The summed E-state index contributed by atoms with van der Waals surface area (Å²) in [5.41, 5.74) is -0.0518. The summed E-state index contributed by atoms with van der Waals surface area (Å²) < 4.78 is 44.6. The monoisotopic (exact) mass is 535 g/mol. The smallest absolute Gasteiger partial charge is 0.281 e. The number of amidine groups is 1. The van der Waals surface area contributed by atoms with Gasteiger partial charge in [-0.05, 0) is 42.0 Å². The highest BCUT2D eigenvalue weighted by molar-refractivity contribution is 7.93. The summed E-state index contributed by atoms with van der Waals surface area (Å²) in [7, 11) is -6.66. The zero-order valence-electron chi connectivity index (χ0n) is 19.5. The van der Waals surface area contributed by atoms with E-state index in [2.05, 4.69) is 19.2 Å². The SMILES string of the molecule is CC(C)CCn1nc(-c2cccs2)c(O)c(C2=Nc3ccc(NS(C)(=O)=O)cc3S(C)(=O)=N2)c1=O. The zero-order chi connectivity index (χ0) is 25.5. The first kappa shape index (κ1) is 25.1. The van der Waals surface area contributed by atoms with Gasteiger partial charge in [0.25, 0.3) is 5.56 Å². The number of rotatable bonds is 7. The molecular formula is C22H25N5O5S3. The second-order valence-corrected chi connectivity index (χ2v) is 13.6. The van der Waals surface area contributed by atoms with Gasteiger partial charge in [0, 0.05) is 18.5 Å². The third-order valence-electron chi connectivity index (χ3n) is 5.18. The molecule has 1 aliphatic rings. The Hall–Kier alpha value is -3.03. The Bertz CT molecular complexity index is 1610. The van der Waals surface area contributed by atoms with Crippen LogP contribution in [0, 0.1) is 5.92 Å². The predicted octanol–water partition coefficient (Wildman–Crippen LogP) is 3.64. The van der Waals surface area contributed by atoms with Gasteiger partial charge in [0.2, 0.25) is 10.0 Å². The Morgan fingerprint density at radius 2 is 2.00 bits per heavy atom. The Balaban J connectivity index is 1.92. The normalized spacial score (nSPS) is 17.6. The molecule has 1 aromatic carbocycles. The predicted molar refractivity (Wildman–Crippen MR) is 139 cm³/mol. The average Bonchev–Trinajstić information content (AvgIpc) is 3.27. The Labute approximate surface area is 207 Å². The number of anilines is 1. The molecule has 10 nitrogen and oxygen atoms in total. The van der Waals surface area contributed by atoms with Gasteiger partial charge >= 0.3 is 0 Å². The van der Waals surface area contributed by atoms with E-state index in [4.69, 9.17) is 0 Å². The quantitative estimate of drug-likeness (QED) is 0.473. The number of aliphatic imine (C=N–C) groups is 1. The van der Waals surface area contributed by atoms with Gasteiger partial charge in [-0.1, -0.05) is 19.9 Å². The van der Waals surface area contributed by atoms with E-state index >= 15 is 0 Å². The molecule has 0 spiro atoms. The van der Waals surface area contributed by atoms with Crippen molar-refractivity contribution < 1.29 is 17.7 Å². The minimum Gasteiger partial charge on any atom is -0.505 e. The van der Waals surface area contributed by atoms with Crippen molar-refractivity contribution >= 4 is 48.3 Å². The number of hydrogen-bond acceptors (Lipinski definition) is 9.